The van der Waals surface area contributed by atoms with Crippen LogP contribution in [0.25, 0.3) is 0 Å². The fraction of sp³-hybridized carbons (Fsp3) is 0.300. The van der Waals surface area contributed by atoms with E-state index in [1.807, 2.05) is 12.1 Å². The van der Waals surface area contributed by atoms with Gasteiger partial charge in [0.1, 0.15) is 0 Å². The Balaban J connectivity index is 2.91. The molecule has 1 aromatic carbocycles. The van der Waals surface area contributed by atoms with Crippen LogP contribution in [0.3, 0.4) is 0 Å². The van der Waals surface area contributed by atoms with E-state index in [1.165, 1.54) is 0 Å². The molecule has 0 aliphatic carbocycles. The van der Waals surface area contributed by atoms with Crippen molar-refractivity contribution in [2.45, 2.75) is 19.8 Å². The van der Waals surface area contributed by atoms with E-state index < -0.39 is 0 Å². The van der Waals surface area contributed by atoms with Crippen molar-refractivity contribution in [3.63, 3.8) is 0 Å². The Morgan fingerprint density at radius 3 is 2.86 bits per heavy atom. The lowest BCUT2D eigenvalue weighted by Crippen LogP contribution is -2.09. The van der Waals surface area contributed by atoms with Gasteiger partial charge in [-0.05, 0) is 24.6 Å². The molecule has 0 unspecified atom stereocenters. The molecule has 14 heavy (non-hydrogen) atoms. The number of hydrogen-bond donors (Lipinski definition) is 1. The molecule has 0 saturated heterocycles. The summed E-state index contributed by atoms with van der Waals surface area (Å²) in [5.41, 5.74) is 6.43. The molecule has 0 aliphatic rings. The van der Waals surface area contributed by atoms with Crippen molar-refractivity contribution < 1.29 is 0 Å². The first kappa shape index (κ1) is 11.5. The molecule has 76 valence electrons. The summed E-state index contributed by atoms with van der Waals surface area (Å²) in [4.78, 5) is 4.23. The van der Waals surface area contributed by atoms with E-state index in [9.17, 15) is 0 Å². The van der Waals surface area contributed by atoms with Gasteiger partial charge in [0.25, 0.3) is 0 Å². The molecule has 0 amide bonds. The number of nitrogens with zero attached hydrogens (tertiary/aromatic N) is 1. The third-order valence-electron chi connectivity index (χ3n) is 1.68. The minimum Gasteiger partial charge on any atom is -0.387 e. The highest BCUT2D eigenvalue weighted by Gasteiger charge is 1.99. The summed E-state index contributed by atoms with van der Waals surface area (Å²) in [6.45, 7) is 2.06. The van der Waals surface area contributed by atoms with Gasteiger partial charge < -0.3 is 5.73 Å². The summed E-state index contributed by atoms with van der Waals surface area (Å²) >= 11 is 9.31. The molecule has 0 radical (unpaired) electrons. The van der Waals surface area contributed by atoms with Gasteiger partial charge in [-0.3, -0.25) is 0 Å². The molecule has 0 bridgehead atoms. The monoisotopic (exact) mass is 274 g/mol. The van der Waals surface area contributed by atoms with E-state index in [2.05, 4.69) is 27.8 Å². The fourth-order valence-corrected chi connectivity index (χ4v) is 1.75. The normalized spacial score (nSPS) is 11.8. The lowest BCUT2D eigenvalue weighted by atomic mass is 10.3. The maximum Gasteiger partial charge on any atom is 0.0996 e. The van der Waals surface area contributed by atoms with Gasteiger partial charge in [-0.1, -0.05) is 34.5 Å². The standard InChI is InChI=1S/C10H12BrClN2/c1-2-3-10(13)14-9-5-4-7(11)6-8(9)12/h4-6H,2-3H2,1H3,(H2,13,14). The lowest BCUT2D eigenvalue weighted by molar-refractivity contribution is 0.983. The highest BCUT2D eigenvalue weighted by atomic mass is 79.9. The summed E-state index contributed by atoms with van der Waals surface area (Å²) < 4.78 is 0.940. The van der Waals surface area contributed by atoms with E-state index in [0.717, 1.165) is 23.0 Å². The van der Waals surface area contributed by atoms with Crippen LogP contribution in [-0.2, 0) is 0 Å². The molecule has 1 aromatic rings. The average molecular weight is 276 g/mol. The van der Waals surface area contributed by atoms with Crippen molar-refractivity contribution in [1.82, 2.24) is 0 Å². The van der Waals surface area contributed by atoms with Crippen molar-refractivity contribution >= 4 is 39.1 Å². The molecule has 0 saturated carbocycles. The fourth-order valence-electron chi connectivity index (χ4n) is 1.04. The maximum atomic E-state index is 5.98. The van der Waals surface area contributed by atoms with Gasteiger partial charge in [-0.25, -0.2) is 4.99 Å². The van der Waals surface area contributed by atoms with Crippen molar-refractivity contribution in [2.75, 3.05) is 0 Å². The zero-order valence-corrected chi connectivity index (χ0v) is 10.3. The number of rotatable bonds is 3. The Bertz CT molecular complexity index is 350. The Hall–Kier alpha value is -0.540. The number of aliphatic imine (C=N–C) groups is 1. The minimum absolute atomic E-state index is 0.610. The van der Waals surface area contributed by atoms with Crippen molar-refractivity contribution in [3.05, 3.63) is 27.7 Å². The first-order chi connectivity index (χ1) is 6.63. The van der Waals surface area contributed by atoms with Gasteiger partial charge in [-0.2, -0.15) is 0 Å². The van der Waals surface area contributed by atoms with Gasteiger partial charge >= 0.3 is 0 Å². The van der Waals surface area contributed by atoms with Crippen molar-refractivity contribution in [3.8, 4) is 0 Å². The zero-order chi connectivity index (χ0) is 10.6. The van der Waals surface area contributed by atoms with E-state index in [1.54, 1.807) is 6.07 Å². The second-order valence-corrected chi connectivity index (χ2v) is 4.27. The van der Waals surface area contributed by atoms with Gasteiger partial charge in [0.2, 0.25) is 0 Å². The van der Waals surface area contributed by atoms with Crippen LogP contribution in [0, 0.1) is 0 Å². The van der Waals surface area contributed by atoms with Gasteiger partial charge in [0.15, 0.2) is 0 Å². The smallest absolute Gasteiger partial charge is 0.0996 e. The first-order valence-corrected chi connectivity index (χ1v) is 5.58. The molecule has 4 heteroatoms. The predicted octanol–water partition coefficient (Wildman–Crippen LogP) is 3.89. The Morgan fingerprint density at radius 1 is 1.57 bits per heavy atom. The highest BCUT2D eigenvalue weighted by Crippen LogP contribution is 2.28. The van der Waals surface area contributed by atoms with Crippen molar-refractivity contribution in [1.29, 1.82) is 0 Å². The highest BCUT2D eigenvalue weighted by molar-refractivity contribution is 9.10. The number of hydrogen-bond acceptors (Lipinski definition) is 1. The Kier molecular flexibility index (Phi) is 4.42. The molecule has 2 nitrogen and oxygen atoms in total. The number of halogens is 2. The molecule has 0 aromatic heterocycles. The summed E-state index contributed by atoms with van der Waals surface area (Å²) in [5.74, 6) is 0.622. The molecule has 0 aliphatic heterocycles. The topological polar surface area (TPSA) is 38.4 Å². The molecule has 0 fully saturated rings. The van der Waals surface area contributed by atoms with Crippen LogP contribution in [-0.4, -0.2) is 5.84 Å². The van der Waals surface area contributed by atoms with E-state index in [-0.39, 0.29) is 0 Å². The number of amidine groups is 1. The minimum atomic E-state index is 0.610. The third-order valence-corrected chi connectivity index (χ3v) is 2.48. The molecule has 1 rings (SSSR count). The largest absolute Gasteiger partial charge is 0.387 e. The van der Waals surface area contributed by atoms with Crippen LogP contribution in [0.2, 0.25) is 5.02 Å². The lowest BCUT2D eigenvalue weighted by Gasteiger charge is -2.01. The van der Waals surface area contributed by atoms with Crippen LogP contribution in [0.4, 0.5) is 5.69 Å². The van der Waals surface area contributed by atoms with E-state index in [4.69, 9.17) is 17.3 Å². The van der Waals surface area contributed by atoms with Crippen LogP contribution in [0.1, 0.15) is 19.8 Å². The van der Waals surface area contributed by atoms with Gasteiger partial charge in [0, 0.05) is 10.9 Å². The van der Waals surface area contributed by atoms with Crippen LogP contribution in [0.15, 0.2) is 27.7 Å². The predicted molar refractivity (Wildman–Crippen MR) is 65.3 cm³/mol. The molecule has 0 spiro atoms. The first-order valence-electron chi connectivity index (χ1n) is 4.41. The maximum absolute atomic E-state index is 5.98. The summed E-state index contributed by atoms with van der Waals surface area (Å²) in [6, 6.07) is 5.54. The molecule has 2 N–H and O–H groups in total. The van der Waals surface area contributed by atoms with Gasteiger partial charge in [-0.15, -0.1) is 0 Å². The number of benzene rings is 1. The Labute approximate surface area is 97.3 Å². The second-order valence-electron chi connectivity index (χ2n) is 2.95. The zero-order valence-electron chi connectivity index (χ0n) is 7.93. The number of nitrogens with two attached hydrogens (primary N) is 1. The molecular formula is C10H12BrClN2. The summed E-state index contributed by atoms with van der Waals surface area (Å²) in [6.07, 6.45) is 1.79. The molecular weight excluding hydrogens is 263 g/mol. The third kappa shape index (κ3) is 3.31. The molecule has 0 atom stereocenters. The van der Waals surface area contributed by atoms with Crippen LogP contribution >= 0.6 is 27.5 Å². The van der Waals surface area contributed by atoms with Crippen LogP contribution < -0.4 is 5.73 Å². The van der Waals surface area contributed by atoms with E-state index in [0.29, 0.717) is 10.9 Å². The average Bonchev–Trinajstić information content (AvgIpc) is 2.10. The second kappa shape index (κ2) is 5.37. The quantitative estimate of drug-likeness (QED) is 0.659. The van der Waals surface area contributed by atoms with Gasteiger partial charge in [0.05, 0.1) is 16.5 Å². The van der Waals surface area contributed by atoms with Crippen molar-refractivity contribution in [2.24, 2.45) is 10.7 Å². The Morgan fingerprint density at radius 2 is 2.29 bits per heavy atom. The summed E-state index contributed by atoms with van der Waals surface area (Å²) in [5, 5.41) is 0.610. The SMILES string of the molecule is CCCC(N)=Nc1ccc(Br)cc1Cl. The van der Waals surface area contributed by atoms with Crippen LogP contribution in [0.5, 0.6) is 0 Å². The summed E-state index contributed by atoms with van der Waals surface area (Å²) in [7, 11) is 0. The molecule has 0 heterocycles. The van der Waals surface area contributed by atoms with E-state index >= 15 is 0 Å².